The van der Waals surface area contributed by atoms with Gasteiger partial charge in [0.05, 0.1) is 23.8 Å². The van der Waals surface area contributed by atoms with Crippen molar-refractivity contribution in [2.45, 2.75) is 38.6 Å². The van der Waals surface area contributed by atoms with Crippen LogP contribution < -0.4 is 4.74 Å². The lowest BCUT2D eigenvalue weighted by Crippen LogP contribution is -2.26. The summed E-state index contributed by atoms with van der Waals surface area (Å²) in [5.41, 5.74) is 4.81. The number of amides is 1. The minimum atomic E-state index is -0.310. The van der Waals surface area contributed by atoms with Crippen molar-refractivity contribution >= 4 is 34.6 Å². The molecule has 0 radical (unpaired) electrons. The highest BCUT2D eigenvalue weighted by Gasteiger charge is 2.37. The molecule has 0 fully saturated rings. The summed E-state index contributed by atoms with van der Waals surface area (Å²) in [5.74, 6) is 1.44. The fraction of sp³-hybridized carbons (Fsp3) is 0.233. The van der Waals surface area contributed by atoms with Crippen LogP contribution in [0.2, 0.25) is 0 Å². The van der Waals surface area contributed by atoms with Crippen LogP contribution in [0.4, 0.5) is 4.79 Å². The van der Waals surface area contributed by atoms with E-state index in [1.807, 2.05) is 42.5 Å². The first-order chi connectivity index (χ1) is 17.7. The number of phenolic OH excluding ortho intramolecular Hbond substituents is 1. The van der Waals surface area contributed by atoms with Gasteiger partial charge in [0.15, 0.2) is 5.84 Å². The van der Waals surface area contributed by atoms with Gasteiger partial charge in [0.2, 0.25) is 0 Å². The highest BCUT2D eigenvalue weighted by Crippen LogP contribution is 2.42. The Balaban J connectivity index is 1.54. The van der Waals surface area contributed by atoms with Crippen LogP contribution in [0, 0.1) is 0 Å². The summed E-state index contributed by atoms with van der Waals surface area (Å²) in [5, 5.41) is 17.1. The number of phenols is 1. The zero-order valence-corrected chi connectivity index (χ0v) is 22.1. The van der Waals surface area contributed by atoms with Gasteiger partial charge in [-0.2, -0.15) is 10.1 Å². The summed E-state index contributed by atoms with van der Waals surface area (Å²) in [6.45, 7) is 6.55. The lowest BCUT2D eigenvalue weighted by atomic mass is 9.87. The van der Waals surface area contributed by atoms with Crippen molar-refractivity contribution in [3.05, 3.63) is 100.0 Å². The maximum atomic E-state index is 12.5. The molecule has 1 amide bonds. The lowest BCUT2D eigenvalue weighted by Gasteiger charge is -2.24. The van der Waals surface area contributed by atoms with Crippen LogP contribution in [0.15, 0.2) is 87.8 Å². The summed E-state index contributed by atoms with van der Waals surface area (Å²) in [4.78, 5) is 17.6. The SMILES string of the molecule is COc1ccc(C2=NN(C3=NC(=O)S/C3=C\c3ccc(C(C)(C)C)cc3)C(c3ccccc3O)C2)cc1. The van der Waals surface area contributed by atoms with Crippen molar-refractivity contribution in [1.82, 2.24) is 5.01 Å². The highest BCUT2D eigenvalue weighted by molar-refractivity contribution is 8.18. The Hall–Kier alpha value is -3.84. The number of benzene rings is 3. The van der Waals surface area contributed by atoms with Gasteiger partial charge in [-0.25, -0.2) is 5.01 Å². The molecule has 2 aliphatic heterocycles. The third-order valence-electron chi connectivity index (χ3n) is 6.54. The standard InChI is InChI=1S/C30H29N3O3S/c1-30(2,3)21-13-9-19(10-14-21)17-27-28(31-29(35)37-27)33-25(23-7-5-6-8-26(23)34)18-24(32-33)20-11-15-22(36-4)16-12-20/h5-17,25,34H,18H2,1-4H3/b27-17-. The number of para-hydroxylation sites is 1. The first-order valence-electron chi connectivity index (χ1n) is 12.1. The smallest absolute Gasteiger partial charge is 0.311 e. The number of thioether (sulfide) groups is 1. The normalized spacial score (nSPS) is 18.8. The van der Waals surface area contributed by atoms with E-state index in [4.69, 9.17) is 9.84 Å². The Kier molecular flexibility index (Phi) is 6.65. The Morgan fingerprint density at radius 2 is 1.73 bits per heavy atom. The zero-order chi connectivity index (χ0) is 26.2. The Labute approximate surface area is 221 Å². The van der Waals surface area contributed by atoms with Crippen molar-refractivity contribution in [2.24, 2.45) is 10.1 Å². The van der Waals surface area contributed by atoms with Crippen LogP contribution in [-0.2, 0) is 5.41 Å². The number of ether oxygens (including phenoxy) is 1. The summed E-state index contributed by atoms with van der Waals surface area (Å²) in [7, 11) is 1.63. The van der Waals surface area contributed by atoms with Crippen LogP contribution in [0.1, 0.15) is 55.5 Å². The van der Waals surface area contributed by atoms with E-state index in [9.17, 15) is 9.90 Å². The van der Waals surface area contributed by atoms with Crippen molar-refractivity contribution in [3.8, 4) is 11.5 Å². The second kappa shape index (κ2) is 9.90. The van der Waals surface area contributed by atoms with Gasteiger partial charge in [-0.1, -0.05) is 63.2 Å². The molecule has 7 heteroatoms. The molecule has 0 saturated heterocycles. The highest BCUT2D eigenvalue weighted by atomic mass is 32.2. The van der Waals surface area contributed by atoms with Gasteiger partial charge < -0.3 is 9.84 Å². The molecular formula is C30H29N3O3S. The van der Waals surface area contributed by atoms with E-state index in [0.29, 0.717) is 12.3 Å². The Bertz CT molecular complexity index is 1420. The summed E-state index contributed by atoms with van der Waals surface area (Å²) >= 11 is 1.10. The first kappa shape index (κ1) is 24.8. The van der Waals surface area contributed by atoms with E-state index in [0.717, 1.165) is 44.8 Å². The number of carbonyl (C=O) groups excluding carboxylic acids is 1. The zero-order valence-electron chi connectivity index (χ0n) is 21.3. The molecule has 0 aromatic heterocycles. The van der Waals surface area contributed by atoms with Gasteiger partial charge in [0.1, 0.15) is 11.5 Å². The number of nitrogens with zero attached hydrogens (tertiary/aromatic N) is 3. The van der Waals surface area contributed by atoms with Crippen LogP contribution in [0.5, 0.6) is 11.5 Å². The first-order valence-corrected chi connectivity index (χ1v) is 13.0. The van der Waals surface area contributed by atoms with Gasteiger partial charge in [-0.05, 0) is 70.3 Å². The van der Waals surface area contributed by atoms with Gasteiger partial charge >= 0.3 is 5.24 Å². The molecule has 6 nitrogen and oxygen atoms in total. The Morgan fingerprint density at radius 3 is 2.38 bits per heavy atom. The van der Waals surface area contributed by atoms with E-state index in [-0.39, 0.29) is 22.4 Å². The predicted molar refractivity (Wildman–Crippen MR) is 150 cm³/mol. The lowest BCUT2D eigenvalue weighted by molar-refractivity contribution is 0.267. The Morgan fingerprint density at radius 1 is 1.03 bits per heavy atom. The minimum Gasteiger partial charge on any atom is -0.508 e. The average molecular weight is 512 g/mol. The largest absolute Gasteiger partial charge is 0.508 e. The van der Waals surface area contributed by atoms with Crippen LogP contribution in [0.3, 0.4) is 0 Å². The molecule has 1 atom stereocenters. The molecule has 1 N–H and O–H groups in total. The molecular weight excluding hydrogens is 482 g/mol. The monoisotopic (exact) mass is 511 g/mol. The van der Waals surface area contributed by atoms with E-state index < -0.39 is 0 Å². The van der Waals surface area contributed by atoms with Crippen molar-refractivity contribution in [3.63, 3.8) is 0 Å². The maximum Gasteiger partial charge on any atom is 0.311 e. The third-order valence-corrected chi connectivity index (χ3v) is 7.32. The molecule has 5 rings (SSSR count). The number of aliphatic imine (C=N–C) groups is 1. The molecule has 0 aliphatic carbocycles. The number of carbonyl (C=O) groups is 1. The molecule has 0 saturated carbocycles. The van der Waals surface area contributed by atoms with Gasteiger partial charge in [0, 0.05) is 12.0 Å². The molecule has 0 spiro atoms. The van der Waals surface area contributed by atoms with E-state index >= 15 is 0 Å². The third kappa shape index (κ3) is 5.18. The quantitative estimate of drug-likeness (QED) is 0.402. The number of amidine groups is 1. The minimum absolute atomic E-state index is 0.0589. The van der Waals surface area contributed by atoms with E-state index in [1.54, 1.807) is 24.3 Å². The number of hydrazone groups is 1. The summed E-state index contributed by atoms with van der Waals surface area (Å²) in [6, 6.07) is 23.0. The summed E-state index contributed by atoms with van der Waals surface area (Å²) in [6.07, 6.45) is 2.53. The molecule has 3 aromatic rings. The van der Waals surface area contributed by atoms with E-state index in [1.165, 1.54) is 5.56 Å². The molecule has 1 unspecified atom stereocenters. The number of rotatable bonds is 4. The molecule has 2 aliphatic rings. The number of aromatic hydroxyl groups is 1. The van der Waals surface area contributed by atoms with Crippen molar-refractivity contribution in [1.29, 1.82) is 0 Å². The topological polar surface area (TPSA) is 74.5 Å². The fourth-order valence-corrected chi connectivity index (χ4v) is 5.21. The second-order valence-electron chi connectivity index (χ2n) is 10.1. The molecule has 2 heterocycles. The molecule has 0 bridgehead atoms. The number of methoxy groups -OCH3 is 1. The van der Waals surface area contributed by atoms with Gasteiger partial charge in [-0.15, -0.1) is 0 Å². The van der Waals surface area contributed by atoms with Crippen LogP contribution >= 0.6 is 11.8 Å². The van der Waals surface area contributed by atoms with Crippen LogP contribution in [-0.4, -0.2) is 34.0 Å². The number of hydrogen-bond acceptors (Lipinski definition) is 6. The average Bonchev–Trinajstić information content (AvgIpc) is 3.47. The molecule has 3 aromatic carbocycles. The van der Waals surface area contributed by atoms with Gasteiger partial charge in [-0.3, -0.25) is 4.79 Å². The molecule has 37 heavy (non-hydrogen) atoms. The number of hydrogen-bond donors (Lipinski definition) is 1. The van der Waals surface area contributed by atoms with Crippen molar-refractivity contribution in [2.75, 3.05) is 7.11 Å². The van der Waals surface area contributed by atoms with E-state index in [2.05, 4.69) is 50.0 Å². The predicted octanol–water partition coefficient (Wildman–Crippen LogP) is 7.16. The second-order valence-corrected chi connectivity index (χ2v) is 11.1. The molecule has 188 valence electrons. The van der Waals surface area contributed by atoms with Crippen molar-refractivity contribution < 1.29 is 14.6 Å². The van der Waals surface area contributed by atoms with Crippen LogP contribution in [0.25, 0.3) is 6.08 Å². The van der Waals surface area contributed by atoms with Gasteiger partial charge in [0.25, 0.3) is 0 Å². The fourth-order valence-electron chi connectivity index (χ4n) is 4.47. The maximum absolute atomic E-state index is 12.5. The summed E-state index contributed by atoms with van der Waals surface area (Å²) < 4.78 is 5.30.